The summed E-state index contributed by atoms with van der Waals surface area (Å²) in [5, 5.41) is 12.2. The zero-order valence-corrected chi connectivity index (χ0v) is 16.1. The van der Waals surface area contributed by atoms with Crippen molar-refractivity contribution in [3.05, 3.63) is 41.7 Å². The second kappa shape index (κ2) is 11.7. The molecule has 2 rings (SSSR count). The van der Waals surface area contributed by atoms with Crippen LogP contribution in [-0.2, 0) is 27.2 Å². The van der Waals surface area contributed by atoms with Crippen LogP contribution >= 0.6 is 11.8 Å². The van der Waals surface area contributed by atoms with Crippen LogP contribution in [-0.4, -0.2) is 60.4 Å². The molecule has 2 aromatic rings. The number of rotatable bonds is 12. The molecule has 0 unspecified atom stereocenters. The molecule has 7 nitrogen and oxygen atoms in total. The fourth-order valence-electron chi connectivity index (χ4n) is 2.37. The minimum atomic E-state index is -0.0167. The highest BCUT2D eigenvalue weighted by Crippen LogP contribution is 2.18. The largest absolute Gasteiger partial charge is 0.385 e. The van der Waals surface area contributed by atoms with Gasteiger partial charge < -0.3 is 19.4 Å². The number of nitrogens with zero attached hydrogens (tertiary/aromatic N) is 3. The van der Waals surface area contributed by atoms with Crippen LogP contribution in [0.2, 0.25) is 0 Å². The van der Waals surface area contributed by atoms with E-state index in [2.05, 4.69) is 27.6 Å². The Morgan fingerprint density at radius 1 is 1.15 bits per heavy atom. The van der Waals surface area contributed by atoms with E-state index in [0.29, 0.717) is 38.5 Å². The lowest BCUT2D eigenvalue weighted by Crippen LogP contribution is -2.27. The summed E-state index contributed by atoms with van der Waals surface area (Å²) in [4.78, 5) is 11.9. The van der Waals surface area contributed by atoms with Gasteiger partial charge in [-0.3, -0.25) is 4.79 Å². The number of methoxy groups -OCH3 is 2. The van der Waals surface area contributed by atoms with Gasteiger partial charge in [0.05, 0.1) is 12.4 Å². The van der Waals surface area contributed by atoms with Crippen molar-refractivity contribution in [2.24, 2.45) is 0 Å². The Labute approximate surface area is 158 Å². The minimum absolute atomic E-state index is 0.0167. The topological polar surface area (TPSA) is 78.3 Å². The van der Waals surface area contributed by atoms with Gasteiger partial charge in [0.1, 0.15) is 5.82 Å². The second-order valence-corrected chi connectivity index (χ2v) is 6.63. The highest BCUT2D eigenvalue weighted by Gasteiger charge is 2.14. The number of amides is 1. The molecular formula is C18H26N4O3S. The van der Waals surface area contributed by atoms with E-state index >= 15 is 0 Å². The van der Waals surface area contributed by atoms with E-state index in [0.717, 1.165) is 17.4 Å². The van der Waals surface area contributed by atoms with Crippen LogP contribution in [0.5, 0.6) is 0 Å². The van der Waals surface area contributed by atoms with Gasteiger partial charge in [0.2, 0.25) is 5.91 Å². The lowest BCUT2D eigenvalue weighted by atomic mass is 10.1. The minimum Gasteiger partial charge on any atom is -0.385 e. The second-order valence-electron chi connectivity index (χ2n) is 5.69. The summed E-state index contributed by atoms with van der Waals surface area (Å²) in [5.74, 6) is 1.16. The van der Waals surface area contributed by atoms with Crippen LogP contribution in [0.1, 0.15) is 17.8 Å². The van der Waals surface area contributed by atoms with E-state index in [1.807, 2.05) is 22.8 Å². The van der Waals surface area contributed by atoms with Crippen LogP contribution in [0.25, 0.3) is 0 Å². The van der Waals surface area contributed by atoms with Crippen molar-refractivity contribution in [3.8, 4) is 0 Å². The molecule has 142 valence electrons. The molecule has 0 bridgehead atoms. The zero-order valence-electron chi connectivity index (χ0n) is 15.3. The summed E-state index contributed by atoms with van der Waals surface area (Å²) in [6.45, 7) is 2.48. The SMILES string of the molecule is COCCCNC(=O)CSc1nnc(Cc2ccccc2)n1CCOC. The fourth-order valence-corrected chi connectivity index (χ4v) is 3.18. The number of aromatic nitrogens is 3. The monoisotopic (exact) mass is 378 g/mol. The molecule has 0 saturated heterocycles. The van der Waals surface area contributed by atoms with Gasteiger partial charge in [-0.2, -0.15) is 0 Å². The first-order chi connectivity index (χ1) is 12.7. The molecule has 0 aliphatic rings. The molecule has 1 N–H and O–H groups in total. The number of thioether (sulfide) groups is 1. The molecule has 0 fully saturated rings. The first-order valence-electron chi connectivity index (χ1n) is 8.58. The molecule has 0 saturated carbocycles. The Balaban J connectivity index is 1.95. The summed E-state index contributed by atoms with van der Waals surface area (Å²) < 4.78 is 12.2. The van der Waals surface area contributed by atoms with Crippen LogP contribution in [0.4, 0.5) is 0 Å². The Hall–Kier alpha value is -1.90. The van der Waals surface area contributed by atoms with Gasteiger partial charge in [0.15, 0.2) is 5.16 Å². The average molecular weight is 378 g/mol. The van der Waals surface area contributed by atoms with Gasteiger partial charge in [-0.25, -0.2) is 0 Å². The summed E-state index contributed by atoms with van der Waals surface area (Å²) in [7, 11) is 3.32. The molecule has 1 aromatic carbocycles. The summed E-state index contributed by atoms with van der Waals surface area (Å²) >= 11 is 1.39. The van der Waals surface area contributed by atoms with E-state index in [9.17, 15) is 4.79 Å². The van der Waals surface area contributed by atoms with E-state index in [1.165, 1.54) is 17.3 Å². The number of carbonyl (C=O) groups is 1. The van der Waals surface area contributed by atoms with Crippen LogP contribution in [0, 0.1) is 0 Å². The third-order valence-corrected chi connectivity index (χ3v) is 4.66. The zero-order chi connectivity index (χ0) is 18.6. The molecule has 26 heavy (non-hydrogen) atoms. The number of hydrogen-bond acceptors (Lipinski definition) is 6. The Morgan fingerprint density at radius 3 is 2.65 bits per heavy atom. The number of nitrogens with one attached hydrogen (secondary N) is 1. The average Bonchev–Trinajstić information content (AvgIpc) is 3.04. The van der Waals surface area contributed by atoms with Crippen molar-refractivity contribution < 1.29 is 14.3 Å². The first-order valence-corrected chi connectivity index (χ1v) is 9.56. The highest BCUT2D eigenvalue weighted by molar-refractivity contribution is 7.99. The third-order valence-electron chi connectivity index (χ3n) is 3.70. The van der Waals surface area contributed by atoms with Crippen molar-refractivity contribution >= 4 is 17.7 Å². The number of carbonyl (C=O) groups excluding carboxylic acids is 1. The molecule has 0 atom stereocenters. The van der Waals surface area contributed by atoms with Gasteiger partial charge in [-0.1, -0.05) is 42.1 Å². The molecular weight excluding hydrogens is 352 g/mol. The van der Waals surface area contributed by atoms with Crippen molar-refractivity contribution in [2.75, 3.05) is 39.7 Å². The lowest BCUT2D eigenvalue weighted by molar-refractivity contribution is -0.118. The third kappa shape index (κ3) is 6.78. The summed E-state index contributed by atoms with van der Waals surface area (Å²) in [5.41, 5.74) is 1.17. The van der Waals surface area contributed by atoms with E-state index in [4.69, 9.17) is 9.47 Å². The van der Waals surface area contributed by atoms with Gasteiger partial charge in [0.25, 0.3) is 0 Å². The maximum absolute atomic E-state index is 11.9. The van der Waals surface area contributed by atoms with E-state index < -0.39 is 0 Å². The van der Waals surface area contributed by atoms with E-state index in [-0.39, 0.29) is 5.91 Å². The van der Waals surface area contributed by atoms with Crippen molar-refractivity contribution in [1.82, 2.24) is 20.1 Å². The summed E-state index contributed by atoms with van der Waals surface area (Å²) in [6, 6.07) is 10.1. The molecule has 1 heterocycles. The standard InChI is InChI=1S/C18H26N4O3S/c1-24-11-6-9-19-17(23)14-26-18-21-20-16(22(18)10-12-25-2)13-15-7-4-3-5-8-15/h3-5,7-8H,6,9-14H2,1-2H3,(H,19,23). The number of hydrogen-bond donors (Lipinski definition) is 1. The number of benzene rings is 1. The molecule has 0 aliphatic carbocycles. The van der Waals surface area contributed by atoms with Gasteiger partial charge in [0, 0.05) is 40.3 Å². The van der Waals surface area contributed by atoms with Gasteiger partial charge in [-0.05, 0) is 12.0 Å². The normalized spacial score (nSPS) is 10.8. The molecule has 8 heteroatoms. The van der Waals surface area contributed by atoms with Crippen LogP contribution in [0.3, 0.4) is 0 Å². The lowest BCUT2D eigenvalue weighted by Gasteiger charge is -2.10. The quantitative estimate of drug-likeness (QED) is 0.448. The Kier molecular flexibility index (Phi) is 9.16. The molecule has 0 spiro atoms. The molecule has 0 radical (unpaired) electrons. The fraction of sp³-hybridized carbons (Fsp3) is 0.500. The van der Waals surface area contributed by atoms with Crippen molar-refractivity contribution in [1.29, 1.82) is 0 Å². The van der Waals surface area contributed by atoms with Crippen LogP contribution < -0.4 is 5.32 Å². The van der Waals surface area contributed by atoms with Crippen LogP contribution in [0.15, 0.2) is 35.5 Å². The Morgan fingerprint density at radius 2 is 1.92 bits per heavy atom. The van der Waals surface area contributed by atoms with Gasteiger partial charge >= 0.3 is 0 Å². The Bertz CT molecular complexity index is 664. The maximum atomic E-state index is 11.9. The smallest absolute Gasteiger partial charge is 0.230 e. The number of ether oxygens (including phenoxy) is 2. The highest BCUT2D eigenvalue weighted by atomic mass is 32.2. The first kappa shape index (κ1) is 20.4. The maximum Gasteiger partial charge on any atom is 0.230 e. The molecule has 0 aliphatic heterocycles. The van der Waals surface area contributed by atoms with E-state index in [1.54, 1.807) is 14.2 Å². The predicted octanol–water partition coefficient (Wildman–Crippen LogP) is 1.76. The molecule has 1 aromatic heterocycles. The van der Waals surface area contributed by atoms with Crippen molar-refractivity contribution in [2.45, 2.75) is 24.5 Å². The van der Waals surface area contributed by atoms with Crippen molar-refractivity contribution in [3.63, 3.8) is 0 Å². The summed E-state index contributed by atoms with van der Waals surface area (Å²) in [6.07, 6.45) is 1.50. The predicted molar refractivity (Wildman–Crippen MR) is 101 cm³/mol. The molecule has 1 amide bonds. The van der Waals surface area contributed by atoms with Gasteiger partial charge in [-0.15, -0.1) is 10.2 Å².